The lowest BCUT2D eigenvalue weighted by Gasteiger charge is -2.21. The van der Waals surface area contributed by atoms with Gasteiger partial charge in [-0.05, 0) is 70.5 Å². The molecule has 0 bridgehead atoms. The molecule has 1 aliphatic rings. The highest BCUT2D eigenvalue weighted by Gasteiger charge is 2.58. The quantitative estimate of drug-likeness (QED) is 0.331. The Balaban J connectivity index is 1.48. The SMILES string of the molecule is Cc1ccc(OCC2(COc3ccc(C)cc3)CC2n2cc(C)c(=O)n(-c3ccc(C)cc3)c2=O)cc1. The lowest BCUT2D eigenvalue weighted by molar-refractivity contribution is 0.147. The van der Waals surface area contributed by atoms with Crippen molar-refractivity contribution in [2.75, 3.05) is 13.2 Å². The number of aryl methyl sites for hydroxylation is 4. The Hall–Kier alpha value is -4.06. The average Bonchev–Trinajstić information content (AvgIpc) is 3.61. The molecule has 190 valence electrons. The van der Waals surface area contributed by atoms with Gasteiger partial charge in [-0.25, -0.2) is 9.36 Å². The van der Waals surface area contributed by atoms with E-state index in [2.05, 4.69) is 0 Å². The second kappa shape index (κ2) is 9.77. The molecule has 5 rings (SSSR count). The lowest BCUT2D eigenvalue weighted by atomic mass is 10.1. The fraction of sp³-hybridized carbons (Fsp3) is 0.290. The van der Waals surface area contributed by atoms with Crippen LogP contribution in [0.5, 0.6) is 11.5 Å². The predicted molar refractivity (Wildman–Crippen MR) is 145 cm³/mol. The van der Waals surface area contributed by atoms with E-state index in [0.29, 0.717) is 30.9 Å². The third-order valence-electron chi connectivity index (χ3n) is 7.15. The molecule has 0 aliphatic heterocycles. The van der Waals surface area contributed by atoms with E-state index in [1.807, 2.05) is 93.6 Å². The first-order chi connectivity index (χ1) is 17.8. The Morgan fingerprint density at radius 1 is 0.730 bits per heavy atom. The van der Waals surface area contributed by atoms with Crippen molar-refractivity contribution in [2.24, 2.45) is 5.41 Å². The fourth-order valence-electron chi connectivity index (χ4n) is 4.64. The number of benzene rings is 3. The van der Waals surface area contributed by atoms with Gasteiger partial charge in [-0.3, -0.25) is 9.36 Å². The minimum atomic E-state index is -0.415. The number of hydrogen-bond acceptors (Lipinski definition) is 4. The molecule has 0 radical (unpaired) electrons. The Morgan fingerprint density at radius 3 is 1.68 bits per heavy atom. The third kappa shape index (κ3) is 5.10. The van der Waals surface area contributed by atoms with E-state index in [1.54, 1.807) is 17.7 Å². The van der Waals surface area contributed by atoms with Crippen molar-refractivity contribution in [2.45, 2.75) is 40.2 Å². The smallest absolute Gasteiger partial charge is 0.335 e. The summed E-state index contributed by atoms with van der Waals surface area (Å²) in [6.45, 7) is 8.58. The Labute approximate surface area is 216 Å². The van der Waals surface area contributed by atoms with E-state index in [9.17, 15) is 9.59 Å². The van der Waals surface area contributed by atoms with Crippen LogP contribution in [0.2, 0.25) is 0 Å². The van der Waals surface area contributed by atoms with Crippen molar-refractivity contribution < 1.29 is 9.47 Å². The van der Waals surface area contributed by atoms with Crippen LogP contribution in [-0.4, -0.2) is 22.3 Å². The maximum absolute atomic E-state index is 13.7. The number of aromatic nitrogens is 2. The zero-order valence-corrected chi connectivity index (χ0v) is 21.7. The lowest BCUT2D eigenvalue weighted by Crippen LogP contribution is -2.40. The maximum Gasteiger partial charge on any atom is 0.335 e. The Kier molecular flexibility index (Phi) is 6.50. The first-order valence-electron chi connectivity index (χ1n) is 12.6. The first kappa shape index (κ1) is 24.6. The van der Waals surface area contributed by atoms with E-state index < -0.39 is 5.41 Å². The highest BCUT2D eigenvalue weighted by molar-refractivity contribution is 5.35. The molecule has 0 amide bonds. The van der Waals surface area contributed by atoms with Gasteiger partial charge in [0.25, 0.3) is 5.56 Å². The van der Waals surface area contributed by atoms with Gasteiger partial charge < -0.3 is 9.47 Å². The standard InChI is InChI=1S/C31H32N2O4/c1-21-5-11-25(12-6-21)33-29(34)24(4)18-32(30(33)35)28-17-31(28,19-36-26-13-7-22(2)8-14-26)20-37-27-15-9-23(3)10-16-27/h5-16,18,28H,17,19-20H2,1-4H3. The Bertz CT molecular complexity index is 1460. The van der Waals surface area contributed by atoms with Gasteiger partial charge in [-0.1, -0.05) is 53.1 Å². The van der Waals surface area contributed by atoms with Gasteiger partial charge in [0, 0.05) is 11.8 Å². The molecule has 0 N–H and O–H groups in total. The van der Waals surface area contributed by atoms with Gasteiger partial charge in [-0.2, -0.15) is 0 Å². The molecule has 6 heteroatoms. The molecule has 4 aromatic rings. The van der Waals surface area contributed by atoms with Crippen molar-refractivity contribution in [3.05, 3.63) is 122 Å². The highest BCUT2D eigenvalue weighted by atomic mass is 16.5. The molecule has 1 fully saturated rings. The van der Waals surface area contributed by atoms with Crippen LogP contribution in [-0.2, 0) is 0 Å². The van der Waals surface area contributed by atoms with Gasteiger partial charge in [0.15, 0.2) is 0 Å². The van der Waals surface area contributed by atoms with Crippen molar-refractivity contribution >= 4 is 0 Å². The van der Waals surface area contributed by atoms with E-state index >= 15 is 0 Å². The van der Waals surface area contributed by atoms with Gasteiger partial charge in [0.2, 0.25) is 0 Å². The van der Waals surface area contributed by atoms with Crippen LogP contribution in [0.3, 0.4) is 0 Å². The normalized spacial score (nSPS) is 15.8. The fourth-order valence-corrected chi connectivity index (χ4v) is 4.64. The molecular formula is C31H32N2O4. The van der Waals surface area contributed by atoms with Crippen LogP contribution in [0.25, 0.3) is 5.69 Å². The molecule has 3 aromatic carbocycles. The van der Waals surface area contributed by atoms with Crippen LogP contribution in [0.15, 0.2) is 88.6 Å². The second-order valence-electron chi connectivity index (χ2n) is 10.3. The number of nitrogens with zero attached hydrogens (tertiary/aromatic N) is 2. The first-order valence-corrected chi connectivity index (χ1v) is 12.6. The summed E-state index contributed by atoms with van der Waals surface area (Å²) in [5, 5.41) is 0. The summed E-state index contributed by atoms with van der Waals surface area (Å²) in [5.74, 6) is 1.55. The molecule has 1 unspecified atom stereocenters. The summed E-state index contributed by atoms with van der Waals surface area (Å²) in [6, 6.07) is 23.1. The van der Waals surface area contributed by atoms with Crippen molar-refractivity contribution in [1.82, 2.24) is 9.13 Å². The van der Waals surface area contributed by atoms with Gasteiger partial charge in [-0.15, -0.1) is 0 Å². The van der Waals surface area contributed by atoms with Crippen LogP contribution in [0, 0.1) is 33.1 Å². The largest absolute Gasteiger partial charge is 0.493 e. The molecule has 1 aromatic heterocycles. The van der Waals surface area contributed by atoms with Crippen LogP contribution >= 0.6 is 0 Å². The van der Waals surface area contributed by atoms with E-state index in [0.717, 1.165) is 28.2 Å². The van der Waals surface area contributed by atoms with Crippen LogP contribution in [0.1, 0.15) is 34.7 Å². The minimum absolute atomic E-state index is 0.160. The average molecular weight is 497 g/mol. The van der Waals surface area contributed by atoms with E-state index in [1.165, 1.54) is 4.57 Å². The molecule has 0 saturated heterocycles. The maximum atomic E-state index is 13.7. The summed E-state index contributed by atoms with van der Waals surface area (Å²) in [7, 11) is 0. The topological polar surface area (TPSA) is 62.5 Å². The summed E-state index contributed by atoms with van der Waals surface area (Å²) in [5.41, 5.74) is 3.40. The minimum Gasteiger partial charge on any atom is -0.493 e. The van der Waals surface area contributed by atoms with Crippen molar-refractivity contribution in [3.8, 4) is 17.2 Å². The molecule has 6 nitrogen and oxygen atoms in total. The molecule has 1 saturated carbocycles. The Morgan fingerprint density at radius 2 is 1.19 bits per heavy atom. The van der Waals surface area contributed by atoms with Crippen molar-refractivity contribution in [1.29, 1.82) is 0 Å². The van der Waals surface area contributed by atoms with Crippen LogP contribution < -0.4 is 20.7 Å². The van der Waals surface area contributed by atoms with E-state index in [4.69, 9.17) is 9.47 Å². The summed E-state index contributed by atoms with van der Waals surface area (Å²) in [6.07, 6.45) is 2.38. The van der Waals surface area contributed by atoms with E-state index in [-0.39, 0.29) is 17.3 Å². The summed E-state index contributed by atoms with van der Waals surface area (Å²) in [4.78, 5) is 26.7. The van der Waals surface area contributed by atoms with Crippen molar-refractivity contribution in [3.63, 3.8) is 0 Å². The molecule has 1 heterocycles. The second-order valence-corrected chi connectivity index (χ2v) is 10.3. The predicted octanol–water partition coefficient (Wildman–Crippen LogP) is 5.32. The number of hydrogen-bond donors (Lipinski definition) is 0. The highest BCUT2D eigenvalue weighted by Crippen LogP contribution is 2.56. The summed E-state index contributed by atoms with van der Waals surface area (Å²) >= 11 is 0. The zero-order valence-electron chi connectivity index (χ0n) is 21.7. The molecule has 37 heavy (non-hydrogen) atoms. The summed E-state index contributed by atoms with van der Waals surface area (Å²) < 4.78 is 15.4. The monoisotopic (exact) mass is 496 g/mol. The third-order valence-corrected chi connectivity index (χ3v) is 7.15. The van der Waals surface area contributed by atoms with Gasteiger partial charge in [0.1, 0.15) is 11.5 Å². The number of ether oxygens (including phenoxy) is 2. The molecule has 1 atom stereocenters. The zero-order chi connectivity index (χ0) is 26.2. The number of rotatable bonds is 8. The molecule has 0 spiro atoms. The van der Waals surface area contributed by atoms with Gasteiger partial charge >= 0.3 is 5.69 Å². The van der Waals surface area contributed by atoms with Gasteiger partial charge in [0.05, 0.1) is 30.4 Å². The molecule has 1 aliphatic carbocycles. The van der Waals surface area contributed by atoms with Crippen LogP contribution in [0.4, 0.5) is 0 Å². The molecular weight excluding hydrogens is 464 g/mol.